The van der Waals surface area contributed by atoms with E-state index < -0.39 is 25.5 Å². The minimum Gasteiger partial charge on any atom is 0 e. The molecule has 0 amide bonds. The first-order valence-electron chi connectivity index (χ1n) is 16.0. The maximum Gasteiger partial charge on any atom is 0 e. The SMILES string of the molecule is [2H]C([2H])(c1cc(-c2[c-]ccc3c2sc2c4ccccc4sc32)ncc1F)C1CCC1.[CH3][Ge]([CH3])([CH3])[c]1ccc(-c2[c-]cccc2)nc1.[Ir]. The minimum atomic E-state index is -1.72. The fourth-order valence-corrected chi connectivity index (χ4v) is 10.3. The van der Waals surface area contributed by atoms with Crippen LogP contribution in [0.5, 0.6) is 0 Å². The third-order valence-electron chi connectivity index (χ3n) is 8.14. The molecule has 3 aromatic carbocycles. The molecule has 7 heteroatoms. The molecule has 1 radical (unpaired) electrons. The molecule has 2 nitrogen and oxygen atoms in total. The van der Waals surface area contributed by atoms with Crippen LogP contribution in [-0.4, -0.2) is 23.2 Å². The summed E-state index contributed by atoms with van der Waals surface area (Å²) in [7, 11) is 0. The fraction of sp³-hybridized carbons (Fsp3) is 0.211. The molecule has 45 heavy (non-hydrogen) atoms. The molecule has 0 aliphatic heterocycles. The number of aromatic nitrogens is 2. The molecule has 0 spiro atoms. The van der Waals surface area contributed by atoms with Crippen LogP contribution >= 0.6 is 22.7 Å². The van der Waals surface area contributed by atoms with Crippen molar-refractivity contribution in [2.24, 2.45) is 5.92 Å². The molecule has 1 aliphatic carbocycles. The van der Waals surface area contributed by atoms with E-state index in [-0.39, 0.29) is 31.6 Å². The van der Waals surface area contributed by atoms with Crippen molar-refractivity contribution < 1.29 is 27.2 Å². The van der Waals surface area contributed by atoms with Crippen molar-refractivity contribution in [3.8, 4) is 22.5 Å². The molecule has 4 heterocycles. The van der Waals surface area contributed by atoms with Gasteiger partial charge in [0.05, 0.1) is 6.20 Å². The summed E-state index contributed by atoms with van der Waals surface area (Å²) in [5.41, 5.74) is 3.59. The van der Waals surface area contributed by atoms with Gasteiger partial charge >= 0.3 is 99.8 Å². The van der Waals surface area contributed by atoms with Crippen molar-refractivity contribution in [2.75, 3.05) is 0 Å². The normalized spacial score (nSPS) is 14.3. The first-order valence-corrected chi connectivity index (χ1v) is 23.9. The van der Waals surface area contributed by atoms with Gasteiger partial charge in [-0.25, -0.2) is 4.39 Å². The van der Waals surface area contributed by atoms with E-state index in [1.165, 1.54) is 30.1 Å². The summed E-state index contributed by atoms with van der Waals surface area (Å²) < 4.78 is 37.9. The zero-order chi connectivity index (χ0) is 32.1. The van der Waals surface area contributed by atoms with E-state index in [0.717, 1.165) is 46.2 Å². The average molecular weight is 868 g/mol. The van der Waals surface area contributed by atoms with Gasteiger partial charge in [0.2, 0.25) is 0 Å². The molecule has 0 bridgehead atoms. The number of rotatable bonds is 5. The number of fused-ring (bicyclic) bond motifs is 5. The second-order valence-corrected chi connectivity index (χ2v) is 25.0. The summed E-state index contributed by atoms with van der Waals surface area (Å²) >= 11 is 1.78. The predicted octanol–water partition coefficient (Wildman–Crippen LogP) is 10.7. The van der Waals surface area contributed by atoms with Gasteiger partial charge in [0.25, 0.3) is 0 Å². The van der Waals surface area contributed by atoms with Crippen LogP contribution in [0.1, 0.15) is 27.6 Å². The Kier molecular flexibility index (Phi) is 8.93. The molecular formula is C38H33FGeIrN2S2-2. The zero-order valence-electron chi connectivity index (χ0n) is 27.3. The Labute approximate surface area is 291 Å². The van der Waals surface area contributed by atoms with Gasteiger partial charge in [0, 0.05) is 42.3 Å². The van der Waals surface area contributed by atoms with Gasteiger partial charge in [-0.05, 0) is 34.3 Å². The van der Waals surface area contributed by atoms with Crippen LogP contribution in [0, 0.1) is 23.9 Å². The smallest absolute Gasteiger partial charge is 0 e. The molecule has 0 unspecified atom stereocenters. The van der Waals surface area contributed by atoms with Crippen molar-refractivity contribution in [2.45, 2.75) is 42.9 Å². The van der Waals surface area contributed by atoms with Crippen LogP contribution in [0.4, 0.5) is 4.39 Å². The second-order valence-electron chi connectivity index (χ2n) is 12.2. The van der Waals surface area contributed by atoms with Gasteiger partial charge < -0.3 is 4.98 Å². The molecule has 8 rings (SSSR count). The zero-order valence-corrected chi connectivity index (χ0v) is 31.4. The van der Waals surface area contributed by atoms with Crippen LogP contribution in [0.2, 0.25) is 17.3 Å². The van der Waals surface area contributed by atoms with Crippen molar-refractivity contribution >= 4 is 69.9 Å². The standard InChI is InChI=1S/C24H17FNS2.C14H16GeN.Ir/c25-19-13-26-20(12-15(19)11-14-5-3-6-14)16-8-4-9-18-22(16)28-23-17-7-1-2-10-21(17)27-24(18)23;1-15(2,3)13-9-10-14(16-11-13)12-7-5-4-6-8-12;/h1-2,4,7,9-10,12-14H,3,5-6,11H2;4-7,9-11H,1-3H3;/q2*-1;/i11D2;;. The Balaban J connectivity index is 0.000000194. The Morgan fingerprint density at radius 2 is 1.62 bits per heavy atom. The van der Waals surface area contributed by atoms with Crippen molar-refractivity contribution in [3.63, 3.8) is 0 Å². The molecule has 0 saturated heterocycles. The minimum absolute atomic E-state index is 0. The summed E-state index contributed by atoms with van der Waals surface area (Å²) in [5, 5.41) is 2.40. The van der Waals surface area contributed by atoms with Crippen LogP contribution in [0.25, 0.3) is 52.1 Å². The van der Waals surface area contributed by atoms with E-state index >= 15 is 0 Å². The van der Waals surface area contributed by atoms with Gasteiger partial charge in [-0.3, -0.25) is 0 Å². The van der Waals surface area contributed by atoms with Crippen LogP contribution in [0.3, 0.4) is 0 Å². The summed E-state index contributed by atoms with van der Waals surface area (Å²) in [5.74, 6) is 6.45. The fourth-order valence-electron chi connectivity index (χ4n) is 5.37. The number of benzene rings is 3. The number of halogens is 1. The Morgan fingerprint density at radius 3 is 2.33 bits per heavy atom. The predicted molar refractivity (Wildman–Crippen MR) is 189 cm³/mol. The van der Waals surface area contributed by atoms with Crippen LogP contribution < -0.4 is 4.40 Å². The number of thiophene rings is 2. The first kappa shape index (κ1) is 29.7. The number of nitrogens with zero attached hydrogens (tertiary/aromatic N) is 2. The van der Waals surface area contributed by atoms with E-state index in [0.29, 0.717) is 5.69 Å². The topological polar surface area (TPSA) is 25.8 Å². The molecule has 1 saturated carbocycles. The third-order valence-corrected chi connectivity index (χ3v) is 15.0. The molecule has 1 fully saturated rings. The van der Waals surface area contributed by atoms with E-state index in [4.69, 9.17) is 2.74 Å². The molecular weight excluding hydrogens is 832 g/mol. The number of pyridine rings is 2. The monoisotopic (exact) mass is 869 g/mol. The maximum absolute atomic E-state index is 14.6. The molecule has 0 N–H and O–H groups in total. The maximum atomic E-state index is 14.6. The Hall–Kier alpha value is -2.74. The molecule has 4 aromatic heterocycles. The third kappa shape index (κ3) is 6.72. The molecule has 1 aliphatic rings. The number of hydrogen-bond donors (Lipinski definition) is 0. The van der Waals surface area contributed by atoms with Gasteiger partial charge in [-0.2, -0.15) is 11.3 Å². The summed E-state index contributed by atoms with van der Waals surface area (Å²) in [4.78, 5) is 8.86. The van der Waals surface area contributed by atoms with Gasteiger partial charge in [-0.1, -0.05) is 48.9 Å². The van der Waals surface area contributed by atoms with Crippen LogP contribution in [-0.2, 0) is 26.5 Å². The van der Waals surface area contributed by atoms with Crippen molar-refractivity contribution in [1.82, 2.24) is 9.97 Å². The van der Waals surface area contributed by atoms with E-state index in [2.05, 4.69) is 81.8 Å². The van der Waals surface area contributed by atoms with Gasteiger partial charge in [0.15, 0.2) is 0 Å². The van der Waals surface area contributed by atoms with Crippen molar-refractivity contribution in [1.29, 1.82) is 0 Å². The Morgan fingerprint density at radius 1 is 0.844 bits per heavy atom. The van der Waals surface area contributed by atoms with E-state index in [9.17, 15) is 4.39 Å². The summed E-state index contributed by atoms with van der Waals surface area (Å²) in [6, 6.07) is 32.7. The molecule has 229 valence electrons. The summed E-state index contributed by atoms with van der Waals surface area (Å²) in [6.45, 7) is 0. The Bertz CT molecular complexity index is 2170. The van der Waals surface area contributed by atoms with Gasteiger partial charge in [-0.15, -0.1) is 35.1 Å². The largest absolute Gasteiger partial charge is 0 e. The van der Waals surface area contributed by atoms with Crippen LogP contribution in [0.15, 0.2) is 91.3 Å². The molecule has 0 atom stereocenters. The number of hydrogen-bond acceptors (Lipinski definition) is 4. The molecule has 7 aromatic rings. The quantitative estimate of drug-likeness (QED) is 0.127. The second kappa shape index (κ2) is 13.5. The van der Waals surface area contributed by atoms with E-state index in [1.807, 2.05) is 36.5 Å². The summed E-state index contributed by atoms with van der Waals surface area (Å²) in [6.07, 6.45) is 4.14. The first-order chi connectivity index (χ1) is 22.1. The van der Waals surface area contributed by atoms with E-state index in [1.54, 1.807) is 28.7 Å². The van der Waals surface area contributed by atoms with Gasteiger partial charge in [0.1, 0.15) is 5.82 Å². The van der Waals surface area contributed by atoms with Crippen molar-refractivity contribution in [3.05, 3.63) is 115 Å². The average Bonchev–Trinajstić information content (AvgIpc) is 3.57.